The Morgan fingerprint density at radius 3 is 3.05 bits per heavy atom. The van der Waals surface area contributed by atoms with E-state index in [-0.39, 0.29) is 12.0 Å². The predicted molar refractivity (Wildman–Crippen MR) is 76.5 cm³/mol. The molecule has 1 unspecified atom stereocenters. The van der Waals surface area contributed by atoms with E-state index >= 15 is 0 Å². The molecule has 6 heteroatoms. The molecule has 0 aromatic heterocycles. The summed E-state index contributed by atoms with van der Waals surface area (Å²) in [4.78, 5) is 23.8. The molecule has 0 saturated heterocycles. The molecule has 21 heavy (non-hydrogen) atoms. The Bertz CT molecular complexity index is 612. The van der Waals surface area contributed by atoms with Gasteiger partial charge in [0, 0.05) is 24.9 Å². The van der Waals surface area contributed by atoms with Gasteiger partial charge in [0.25, 0.3) is 0 Å². The standard InChI is InChI=1S/C15H18N2O4/c1-2-20-15(19)11-6-8-5-9(7-16)21-14(8)10-3-4-12(18)17-13(10)11/h6,9H,2-5,7,16H2,1H3,(H,17,18). The molecule has 6 nitrogen and oxygen atoms in total. The Balaban J connectivity index is 2.09. The Morgan fingerprint density at radius 1 is 1.52 bits per heavy atom. The highest BCUT2D eigenvalue weighted by Gasteiger charge is 2.32. The molecule has 0 bridgehead atoms. The van der Waals surface area contributed by atoms with E-state index in [0.717, 1.165) is 16.9 Å². The van der Waals surface area contributed by atoms with Gasteiger partial charge in [0.1, 0.15) is 11.9 Å². The fourth-order valence-corrected chi connectivity index (χ4v) is 2.86. The van der Waals surface area contributed by atoms with Crippen molar-refractivity contribution in [3.63, 3.8) is 0 Å². The van der Waals surface area contributed by atoms with Crippen LogP contribution in [0, 0.1) is 0 Å². The van der Waals surface area contributed by atoms with Crippen LogP contribution in [0.3, 0.4) is 0 Å². The Morgan fingerprint density at radius 2 is 2.33 bits per heavy atom. The number of hydrogen-bond donors (Lipinski definition) is 2. The topological polar surface area (TPSA) is 90.6 Å². The van der Waals surface area contributed by atoms with Crippen molar-refractivity contribution >= 4 is 17.6 Å². The summed E-state index contributed by atoms with van der Waals surface area (Å²) in [5, 5.41) is 2.78. The number of nitrogens with one attached hydrogen (secondary N) is 1. The molecule has 3 N–H and O–H groups in total. The number of amides is 1. The molecule has 3 rings (SSSR count). The summed E-state index contributed by atoms with van der Waals surface area (Å²) in [5.41, 5.74) is 8.44. The number of esters is 1. The van der Waals surface area contributed by atoms with E-state index in [0.29, 0.717) is 43.7 Å². The van der Waals surface area contributed by atoms with Gasteiger partial charge in [-0.1, -0.05) is 0 Å². The molecule has 0 saturated carbocycles. The first-order valence-corrected chi connectivity index (χ1v) is 7.16. The fourth-order valence-electron chi connectivity index (χ4n) is 2.86. The van der Waals surface area contributed by atoms with Crippen LogP contribution >= 0.6 is 0 Å². The number of nitrogens with two attached hydrogens (primary N) is 1. The smallest absolute Gasteiger partial charge is 0.340 e. The summed E-state index contributed by atoms with van der Waals surface area (Å²) in [6.45, 7) is 2.47. The average Bonchev–Trinajstić information content (AvgIpc) is 2.89. The monoisotopic (exact) mass is 290 g/mol. The van der Waals surface area contributed by atoms with Gasteiger partial charge in [0.15, 0.2) is 0 Å². The lowest BCUT2D eigenvalue weighted by Crippen LogP contribution is -2.25. The van der Waals surface area contributed by atoms with E-state index in [2.05, 4.69) is 5.32 Å². The van der Waals surface area contributed by atoms with Crippen molar-refractivity contribution in [1.82, 2.24) is 0 Å². The third kappa shape index (κ3) is 2.35. The van der Waals surface area contributed by atoms with Crippen LogP contribution in [0.25, 0.3) is 0 Å². The van der Waals surface area contributed by atoms with E-state index in [1.165, 1.54) is 0 Å². The second kappa shape index (κ2) is 5.37. The fraction of sp³-hybridized carbons (Fsp3) is 0.467. The van der Waals surface area contributed by atoms with Crippen LogP contribution in [-0.4, -0.2) is 31.1 Å². The average molecular weight is 290 g/mol. The minimum absolute atomic E-state index is 0.0702. The lowest BCUT2D eigenvalue weighted by molar-refractivity contribution is -0.116. The van der Waals surface area contributed by atoms with Gasteiger partial charge >= 0.3 is 5.97 Å². The van der Waals surface area contributed by atoms with Gasteiger partial charge in [0.05, 0.1) is 17.9 Å². The highest BCUT2D eigenvalue weighted by Crippen LogP contribution is 2.41. The zero-order valence-electron chi connectivity index (χ0n) is 11.9. The molecule has 1 aromatic rings. The SMILES string of the molecule is CCOC(=O)c1cc2c(c3c1NC(=O)CC3)OC(CN)C2. The maximum atomic E-state index is 12.1. The molecular formula is C15H18N2O4. The Hall–Kier alpha value is -2.08. The minimum atomic E-state index is -0.421. The molecule has 2 aliphatic heterocycles. The summed E-state index contributed by atoms with van der Waals surface area (Å²) >= 11 is 0. The number of carbonyl (C=O) groups excluding carboxylic acids is 2. The molecule has 2 heterocycles. The largest absolute Gasteiger partial charge is 0.488 e. The first-order chi connectivity index (χ1) is 10.1. The van der Waals surface area contributed by atoms with Gasteiger partial charge in [-0.15, -0.1) is 0 Å². The van der Waals surface area contributed by atoms with Crippen LogP contribution < -0.4 is 15.8 Å². The molecule has 2 aliphatic rings. The Labute approximate surface area is 122 Å². The maximum absolute atomic E-state index is 12.1. The molecular weight excluding hydrogens is 272 g/mol. The highest BCUT2D eigenvalue weighted by molar-refractivity contribution is 6.04. The van der Waals surface area contributed by atoms with Crippen LogP contribution in [-0.2, 0) is 22.4 Å². The van der Waals surface area contributed by atoms with Crippen molar-refractivity contribution in [2.24, 2.45) is 5.73 Å². The van der Waals surface area contributed by atoms with Gasteiger partial charge in [0.2, 0.25) is 5.91 Å². The third-order valence-electron chi connectivity index (χ3n) is 3.81. The van der Waals surface area contributed by atoms with Crippen molar-refractivity contribution < 1.29 is 19.1 Å². The zero-order valence-corrected chi connectivity index (χ0v) is 11.9. The van der Waals surface area contributed by atoms with Crippen molar-refractivity contribution in [2.45, 2.75) is 32.3 Å². The number of hydrogen-bond acceptors (Lipinski definition) is 5. The zero-order chi connectivity index (χ0) is 15.0. The van der Waals surface area contributed by atoms with E-state index in [1.54, 1.807) is 13.0 Å². The van der Waals surface area contributed by atoms with Gasteiger partial charge in [-0.05, 0) is 25.0 Å². The normalized spacial score (nSPS) is 19.3. The summed E-state index contributed by atoms with van der Waals surface area (Å²) in [6, 6.07) is 1.76. The van der Waals surface area contributed by atoms with Gasteiger partial charge in [-0.25, -0.2) is 4.79 Å². The lowest BCUT2D eigenvalue weighted by Gasteiger charge is -2.22. The summed E-state index contributed by atoms with van der Waals surface area (Å²) < 4.78 is 10.9. The summed E-state index contributed by atoms with van der Waals surface area (Å²) in [5.74, 6) is 0.254. The second-order valence-corrected chi connectivity index (χ2v) is 5.21. The summed E-state index contributed by atoms with van der Waals surface area (Å²) in [7, 11) is 0. The molecule has 1 atom stereocenters. The van der Waals surface area contributed by atoms with Crippen molar-refractivity contribution in [1.29, 1.82) is 0 Å². The molecule has 112 valence electrons. The quantitative estimate of drug-likeness (QED) is 0.811. The Kier molecular flexibility index (Phi) is 3.55. The number of benzene rings is 1. The van der Waals surface area contributed by atoms with E-state index in [4.69, 9.17) is 15.2 Å². The molecule has 0 fully saturated rings. The van der Waals surface area contributed by atoms with Crippen molar-refractivity contribution in [2.75, 3.05) is 18.5 Å². The minimum Gasteiger partial charge on any atom is -0.488 e. The molecule has 0 aliphatic carbocycles. The van der Waals surface area contributed by atoms with Crippen LogP contribution in [0.15, 0.2) is 6.07 Å². The van der Waals surface area contributed by atoms with Crippen LogP contribution in [0.1, 0.15) is 34.8 Å². The highest BCUT2D eigenvalue weighted by atomic mass is 16.5. The molecule has 1 aromatic carbocycles. The van der Waals surface area contributed by atoms with Crippen molar-refractivity contribution in [3.8, 4) is 5.75 Å². The molecule has 0 spiro atoms. The van der Waals surface area contributed by atoms with Gasteiger partial charge < -0.3 is 20.5 Å². The van der Waals surface area contributed by atoms with E-state index < -0.39 is 5.97 Å². The number of anilines is 1. The van der Waals surface area contributed by atoms with Crippen LogP contribution in [0.4, 0.5) is 5.69 Å². The van der Waals surface area contributed by atoms with E-state index in [9.17, 15) is 9.59 Å². The molecule has 1 amide bonds. The number of carbonyl (C=O) groups is 2. The van der Waals surface area contributed by atoms with Gasteiger partial charge in [-0.2, -0.15) is 0 Å². The van der Waals surface area contributed by atoms with Gasteiger partial charge in [-0.3, -0.25) is 4.79 Å². The maximum Gasteiger partial charge on any atom is 0.340 e. The number of ether oxygens (including phenoxy) is 2. The second-order valence-electron chi connectivity index (χ2n) is 5.21. The third-order valence-corrected chi connectivity index (χ3v) is 3.81. The number of rotatable bonds is 3. The van der Waals surface area contributed by atoms with Crippen molar-refractivity contribution in [3.05, 3.63) is 22.8 Å². The molecule has 0 radical (unpaired) electrons. The van der Waals surface area contributed by atoms with Crippen LogP contribution in [0.5, 0.6) is 5.75 Å². The first kappa shape index (κ1) is 13.9. The first-order valence-electron chi connectivity index (χ1n) is 7.16. The lowest BCUT2D eigenvalue weighted by atomic mass is 9.94. The predicted octanol–water partition coefficient (Wildman–Crippen LogP) is 1.01. The summed E-state index contributed by atoms with van der Waals surface area (Å²) in [6.07, 6.45) is 1.56. The van der Waals surface area contributed by atoms with Crippen LogP contribution in [0.2, 0.25) is 0 Å². The number of fused-ring (bicyclic) bond motifs is 3. The van der Waals surface area contributed by atoms with E-state index in [1.807, 2.05) is 0 Å².